The summed E-state index contributed by atoms with van der Waals surface area (Å²) in [7, 11) is 1.13. The van der Waals surface area contributed by atoms with E-state index in [4.69, 9.17) is 49.4 Å². The number of rotatable bonds is 8. The van der Waals surface area contributed by atoms with E-state index < -0.39 is 44.8 Å². The van der Waals surface area contributed by atoms with Gasteiger partial charge in [-0.2, -0.15) is 13.2 Å². The van der Waals surface area contributed by atoms with Crippen molar-refractivity contribution >= 4 is 58.1 Å². The van der Waals surface area contributed by atoms with Crippen molar-refractivity contribution in [3.63, 3.8) is 0 Å². The number of nitrogens with zero attached hydrogens (tertiary/aromatic N) is 2. The molecule has 46 heavy (non-hydrogen) atoms. The standard InChI is InChI=1S/C14H9Cl2NO5.C14H7ClF3NO5/c1-21-14(18)10-7-9(3-4-12(10)17(19)20)22-13-5-2-8(15)6-11(13)16;15-10-5-7(14(16,17)18)1-4-12(10)24-8-2-3-11(19(22)23)9(6-8)13(20)21/h2-7H,1H3;1-6H,(H,20,21). The highest BCUT2D eigenvalue weighted by Crippen LogP contribution is 2.37. The quantitative estimate of drug-likeness (QED) is 0.106. The van der Waals surface area contributed by atoms with Gasteiger partial charge in [-0.15, -0.1) is 0 Å². The number of carboxylic acids is 1. The van der Waals surface area contributed by atoms with Gasteiger partial charge in [-0.25, -0.2) is 9.59 Å². The van der Waals surface area contributed by atoms with Crippen molar-refractivity contribution in [3.05, 3.63) is 125 Å². The average Bonchev–Trinajstić information content (AvgIpc) is 2.98. The normalized spacial score (nSPS) is 10.7. The minimum Gasteiger partial charge on any atom is -0.477 e. The van der Waals surface area contributed by atoms with Gasteiger partial charge in [-0.1, -0.05) is 34.8 Å². The number of ether oxygens (including phenoxy) is 3. The number of nitro groups is 2. The maximum atomic E-state index is 12.6. The van der Waals surface area contributed by atoms with E-state index in [1.165, 1.54) is 18.2 Å². The second-order valence-corrected chi connectivity index (χ2v) is 9.84. The molecule has 4 aromatic carbocycles. The Kier molecular flexibility index (Phi) is 11.4. The van der Waals surface area contributed by atoms with Gasteiger partial charge in [0, 0.05) is 29.3 Å². The van der Waals surface area contributed by atoms with Crippen molar-refractivity contribution in [2.75, 3.05) is 7.11 Å². The van der Waals surface area contributed by atoms with Crippen molar-refractivity contribution < 1.29 is 51.9 Å². The Hall–Kier alpha value is -5.12. The highest BCUT2D eigenvalue weighted by Gasteiger charge is 2.31. The zero-order valence-corrected chi connectivity index (χ0v) is 25.0. The van der Waals surface area contributed by atoms with Crippen LogP contribution in [0.4, 0.5) is 24.5 Å². The molecule has 1 N–H and O–H groups in total. The van der Waals surface area contributed by atoms with Crippen LogP contribution in [0.3, 0.4) is 0 Å². The van der Waals surface area contributed by atoms with Crippen molar-refractivity contribution in [1.29, 1.82) is 0 Å². The van der Waals surface area contributed by atoms with Crippen LogP contribution < -0.4 is 9.47 Å². The molecule has 4 rings (SSSR count). The zero-order chi connectivity index (χ0) is 34.3. The van der Waals surface area contributed by atoms with E-state index >= 15 is 0 Å². The number of esters is 1. The fraction of sp³-hybridized carbons (Fsp3) is 0.0714. The van der Waals surface area contributed by atoms with Crippen LogP contribution >= 0.6 is 34.8 Å². The van der Waals surface area contributed by atoms with Crippen molar-refractivity contribution in [2.24, 2.45) is 0 Å². The lowest BCUT2D eigenvalue weighted by Crippen LogP contribution is -2.05. The molecule has 0 saturated heterocycles. The van der Waals surface area contributed by atoms with Crippen LogP contribution in [0.1, 0.15) is 26.3 Å². The molecule has 4 aromatic rings. The Bertz CT molecular complexity index is 1840. The van der Waals surface area contributed by atoms with Gasteiger partial charge in [0.05, 0.1) is 32.6 Å². The summed E-state index contributed by atoms with van der Waals surface area (Å²) in [5.74, 6) is -2.16. The van der Waals surface area contributed by atoms with Gasteiger partial charge < -0.3 is 19.3 Å². The number of aromatic carboxylic acids is 1. The first-order chi connectivity index (χ1) is 21.5. The SMILES string of the molecule is COC(=O)c1cc(Oc2ccc(Cl)cc2Cl)ccc1[N+](=O)[O-].O=C(O)c1cc(Oc2ccc(C(F)(F)F)cc2Cl)ccc1[N+](=O)[O-]. The van der Waals surface area contributed by atoms with Gasteiger partial charge in [0.15, 0.2) is 0 Å². The summed E-state index contributed by atoms with van der Waals surface area (Å²) < 4.78 is 52.9. The van der Waals surface area contributed by atoms with Gasteiger partial charge in [0.2, 0.25) is 0 Å². The molecule has 0 bridgehead atoms. The molecule has 0 fully saturated rings. The molecule has 0 aliphatic heterocycles. The molecule has 0 spiro atoms. The van der Waals surface area contributed by atoms with Crippen LogP contribution in [0.5, 0.6) is 23.0 Å². The summed E-state index contributed by atoms with van der Waals surface area (Å²) in [6.07, 6.45) is -4.58. The van der Waals surface area contributed by atoms with Crippen LogP contribution in [0.2, 0.25) is 15.1 Å². The Morgan fingerprint density at radius 1 is 0.739 bits per heavy atom. The fourth-order valence-electron chi connectivity index (χ4n) is 3.49. The summed E-state index contributed by atoms with van der Waals surface area (Å²) in [4.78, 5) is 42.8. The van der Waals surface area contributed by atoms with E-state index in [1.807, 2.05) is 0 Å². The van der Waals surface area contributed by atoms with E-state index in [2.05, 4.69) is 4.74 Å². The first-order valence-corrected chi connectivity index (χ1v) is 13.2. The molecule has 0 radical (unpaired) electrons. The predicted molar refractivity (Wildman–Crippen MR) is 158 cm³/mol. The lowest BCUT2D eigenvalue weighted by molar-refractivity contribution is -0.385. The number of carboxylic acid groups (broad SMARTS) is 1. The van der Waals surface area contributed by atoms with E-state index in [1.54, 1.807) is 12.1 Å². The number of carbonyl (C=O) groups excluding carboxylic acids is 1. The number of hydrogen-bond donors (Lipinski definition) is 1. The van der Waals surface area contributed by atoms with Gasteiger partial charge in [-0.3, -0.25) is 20.2 Å². The number of alkyl halides is 3. The van der Waals surface area contributed by atoms with Crippen molar-refractivity contribution in [3.8, 4) is 23.0 Å². The van der Waals surface area contributed by atoms with Gasteiger partial charge in [0.25, 0.3) is 11.4 Å². The molecule has 0 saturated carbocycles. The Labute approximate surface area is 270 Å². The van der Waals surface area contributed by atoms with Crippen LogP contribution in [-0.2, 0) is 10.9 Å². The average molecular weight is 704 g/mol. The lowest BCUT2D eigenvalue weighted by atomic mass is 10.1. The second-order valence-electron chi connectivity index (χ2n) is 8.59. The first kappa shape index (κ1) is 35.4. The number of halogens is 6. The monoisotopic (exact) mass is 702 g/mol. The van der Waals surface area contributed by atoms with E-state index in [-0.39, 0.29) is 38.5 Å². The lowest BCUT2D eigenvalue weighted by Gasteiger charge is -2.11. The van der Waals surface area contributed by atoms with E-state index in [0.717, 1.165) is 43.5 Å². The highest BCUT2D eigenvalue weighted by molar-refractivity contribution is 6.35. The van der Waals surface area contributed by atoms with Crippen LogP contribution in [0.15, 0.2) is 72.8 Å². The molecular weight excluding hydrogens is 688 g/mol. The maximum absolute atomic E-state index is 12.6. The summed E-state index contributed by atoms with van der Waals surface area (Å²) in [5.41, 5.74) is -2.83. The molecule has 0 amide bonds. The molecular formula is C28H16Cl3F3N2O10. The summed E-state index contributed by atoms with van der Waals surface area (Å²) in [6.45, 7) is 0. The maximum Gasteiger partial charge on any atom is 0.416 e. The van der Waals surface area contributed by atoms with Crippen molar-refractivity contribution in [2.45, 2.75) is 6.18 Å². The van der Waals surface area contributed by atoms with E-state index in [0.29, 0.717) is 16.8 Å². The molecule has 12 nitrogen and oxygen atoms in total. The number of benzene rings is 4. The van der Waals surface area contributed by atoms with Gasteiger partial charge in [-0.05, 0) is 48.5 Å². The molecule has 0 aliphatic rings. The molecule has 0 atom stereocenters. The van der Waals surface area contributed by atoms with Crippen LogP contribution in [0.25, 0.3) is 0 Å². The molecule has 240 valence electrons. The number of nitro benzene ring substituents is 2. The fourth-order valence-corrected chi connectivity index (χ4v) is 4.16. The smallest absolute Gasteiger partial charge is 0.416 e. The molecule has 0 unspecified atom stereocenters. The zero-order valence-electron chi connectivity index (χ0n) is 22.7. The summed E-state index contributed by atoms with van der Waals surface area (Å²) in [5, 5.41) is 31.0. The topological polar surface area (TPSA) is 168 Å². The first-order valence-electron chi connectivity index (χ1n) is 12.1. The minimum atomic E-state index is -4.58. The van der Waals surface area contributed by atoms with E-state index in [9.17, 15) is 43.0 Å². The Balaban J connectivity index is 0.000000251. The van der Waals surface area contributed by atoms with Gasteiger partial charge in [0.1, 0.15) is 34.1 Å². The largest absolute Gasteiger partial charge is 0.477 e. The van der Waals surface area contributed by atoms with Crippen molar-refractivity contribution in [1.82, 2.24) is 0 Å². The third kappa shape index (κ3) is 8.97. The van der Waals surface area contributed by atoms with Gasteiger partial charge >= 0.3 is 18.1 Å². The predicted octanol–water partition coefficient (Wildman–Crippen LogP) is 9.24. The summed E-state index contributed by atoms with van der Waals surface area (Å²) >= 11 is 17.5. The van der Waals surface area contributed by atoms with Crippen LogP contribution in [-0.4, -0.2) is 34.0 Å². The Morgan fingerprint density at radius 3 is 1.65 bits per heavy atom. The number of hydrogen-bond acceptors (Lipinski definition) is 9. The summed E-state index contributed by atoms with van der Waals surface area (Å²) in [6, 6.07) is 13.6. The molecule has 0 heterocycles. The van der Waals surface area contributed by atoms with Crippen LogP contribution in [0, 0.1) is 20.2 Å². The third-order valence-corrected chi connectivity index (χ3v) is 6.40. The highest BCUT2D eigenvalue weighted by atomic mass is 35.5. The molecule has 0 aliphatic carbocycles. The number of carbonyl (C=O) groups is 2. The molecule has 18 heteroatoms. The minimum absolute atomic E-state index is 0.125. The number of methoxy groups -OCH3 is 1. The second kappa shape index (κ2) is 14.8. The Morgan fingerprint density at radius 2 is 1.22 bits per heavy atom. The molecule has 0 aromatic heterocycles. The third-order valence-electron chi connectivity index (χ3n) is 5.57.